The van der Waals surface area contributed by atoms with Gasteiger partial charge in [0, 0.05) is 12.7 Å². The van der Waals surface area contributed by atoms with E-state index in [1.807, 2.05) is 22.8 Å². The summed E-state index contributed by atoms with van der Waals surface area (Å²) in [6.45, 7) is 0.795. The second-order valence-corrected chi connectivity index (χ2v) is 4.60. The van der Waals surface area contributed by atoms with Crippen molar-refractivity contribution in [2.24, 2.45) is 5.73 Å². The molecule has 0 unspecified atom stereocenters. The summed E-state index contributed by atoms with van der Waals surface area (Å²) in [7, 11) is 0. The van der Waals surface area contributed by atoms with Gasteiger partial charge in [-0.15, -0.1) is 0 Å². The lowest BCUT2D eigenvalue weighted by Crippen LogP contribution is -2.11. The van der Waals surface area contributed by atoms with E-state index in [0.29, 0.717) is 11.1 Å². The van der Waals surface area contributed by atoms with E-state index in [0.717, 1.165) is 18.6 Å². The maximum atomic E-state index is 11.1. The van der Waals surface area contributed by atoms with E-state index in [1.165, 1.54) is 11.8 Å². The third-order valence-electron chi connectivity index (χ3n) is 3.22. The van der Waals surface area contributed by atoms with Crippen molar-refractivity contribution in [2.45, 2.75) is 13.0 Å². The lowest BCUT2D eigenvalue weighted by atomic mass is 10.1. The highest BCUT2D eigenvalue weighted by molar-refractivity contribution is 5.95. The lowest BCUT2D eigenvalue weighted by Gasteiger charge is -2.04. The summed E-state index contributed by atoms with van der Waals surface area (Å²) in [5.74, 6) is -0.488. The highest BCUT2D eigenvalue weighted by Gasteiger charge is 2.08. The number of pyridine rings is 1. The Balaban J connectivity index is 1.84. The van der Waals surface area contributed by atoms with Crippen LogP contribution in [0.15, 0.2) is 48.9 Å². The highest BCUT2D eigenvalue weighted by Crippen LogP contribution is 2.12. The Morgan fingerprint density at radius 2 is 2.00 bits per heavy atom. The number of imidazole rings is 1. The molecular weight excluding hydrogens is 252 g/mol. The Labute approximate surface area is 116 Å². The van der Waals surface area contributed by atoms with E-state index in [1.54, 1.807) is 12.4 Å². The number of amides is 1. The highest BCUT2D eigenvalue weighted by atomic mass is 16.1. The summed E-state index contributed by atoms with van der Waals surface area (Å²) in [5, 5.41) is 0. The number of fused-ring (bicyclic) bond motifs is 1. The summed E-state index contributed by atoms with van der Waals surface area (Å²) >= 11 is 0. The van der Waals surface area contributed by atoms with Crippen molar-refractivity contribution >= 4 is 17.1 Å². The summed E-state index contributed by atoms with van der Waals surface area (Å²) in [6, 6.07) is 11.9. The Kier molecular flexibility index (Phi) is 3.16. The molecule has 0 atom stereocenters. The van der Waals surface area contributed by atoms with Crippen molar-refractivity contribution in [3.8, 4) is 0 Å². The lowest BCUT2D eigenvalue weighted by molar-refractivity contribution is 0.1000. The number of nitrogens with two attached hydrogens (primary N) is 1. The van der Waals surface area contributed by atoms with E-state index in [2.05, 4.69) is 22.1 Å². The summed E-state index contributed by atoms with van der Waals surface area (Å²) < 4.78 is 1.98. The van der Waals surface area contributed by atoms with E-state index >= 15 is 0 Å². The zero-order valence-electron chi connectivity index (χ0n) is 10.9. The second-order valence-electron chi connectivity index (χ2n) is 4.60. The van der Waals surface area contributed by atoms with Gasteiger partial charge in [0.25, 0.3) is 0 Å². The third-order valence-corrected chi connectivity index (χ3v) is 3.22. The fourth-order valence-electron chi connectivity index (χ4n) is 2.14. The first-order valence-electron chi connectivity index (χ1n) is 6.38. The molecule has 3 rings (SSSR count). The normalized spacial score (nSPS) is 10.8. The maximum absolute atomic E-state index is 11.1. The molecule has 0 radical (unpaired) electrons. The maximum Gasteiger partial charge on any atom is 0.250 e. The first kappa shape index (κ1) is 12.3. The molecule has 3 aromatic rings. The van der Waals surface area contributed by atoms with Crippen LogP contribution in [-0.4, -0.2) is 20.4 Å². The molecule has 1 aromatic carbocycles. The van der Waals surface area contributed by atoms with Gasteiger partial charge in [-0.05, 0) is 18.1 Å². The van der Waals surface area contributed by atoms with Crippen LogP contribution in [-0.2, 0) is 13.0 Å². The van der Waals surface area contributed by atoms with Crippen LogP contribution in [0.5, 0.6) is 0 Å². The molecule has 100 valence electrons. The monoisotopic (exact) mass is 266 g/mol. The van der Waals surface area contributed by atoms with Crippen molar-refractivity contribution in [2.75, 3.05) is 0 Å². The largest absolute Gasteiger partial charge is 0.366 e. The molecule has 5 nitrogen and oxygen atoms in total. The molecule has 2 heterocycles. The van der Waals surface area contributed by atoms with Crippen molar-refractivity contribution in [3.63, 3.8) is 0 Å². The molecule has 0 saturated carbocycles. The van der Waals surface area contributed by atoms with Gasteiger partial charge < -0.3 is 10.3 Å². The van der Waals surface area contributed by atoms with Gasteiger partial charge in [-0.3, -0.25) is 4.79 Å². The Bertz CT molecular complexity index is 749. The fourth-order valence-corrected chi connectivity index (χ4v) is 2.14. The zero-order chi connectivity index (χ0) is 13.9. The number of hydrogen-bond acceptors (Lipinski definition) is 3. The SMILES string of the molecule is NC(=O)c1cnc2c(c1)ncn2CCc1ccccc1. The molecule has 0 saturated heterocycles. The van der Waals surface area contributed by atoms with Crippen molar-refractivity contribution in [1.29, 1.82) is 0 Å². The number of hydrogen-bond donors (Lipinski definition) is 1. The number of nitrogens with zero attached hydrogens (tertiary/aromatic N) is 3. The summed E-state index contributed by atoms with van der Waals surface area (Å²) in [5.41, 5.74) is 8.34. The minimum absolute atomic E-state index is 0.380. The molecular formula is C15H14N4O. The van der Waals surface area contributed by atoms with Gasteiger partial charge in [0.15, 0.2) is 5.65 Å². The second kappa shape index (κ2) is 5.13. The van der Waals surface area contributed by atoms with Crippen molar-refractivity contribution in [1.82, 2.24) is 14.5 Å². The topological polar surface area (TPSA) is 73.8 Å². The molecule has 2 aromatic heterocycles. The van der Waals surface area contributed by atoms with Crippen LogP contribution in [0, 0.1) is 0 Å². The van der Waals surface area contributed by atoms with Gasteiger partial charge >= 0.3 is 0 Å². The predicted molar refractivity (Wildman–Crippen MR) is 76.2 cm³/mol. The molecule has 1 amide bonds. The van der Waals surface area contributed by atoms with E-state index in [9.17, 15) is 4.79 Å². The molecule has 20 heavy (non-hydrogen) atoms. The standard InChI is InChI=1S/C15H14N4O/c16-14(20)12-8-13-15(17-9-12)19(10-18-13)7-6-11-4-2-1-3-5-11/h1-5,8-10H,6-7H2,(H2,16,20). The predicted octanol–water partition coefficient (Wildman–Crippen LogP) is 1.77. The van der Waals surface area contributed by atoms with Crippen LogP contribution in [0.2, 0.25) is 0 Å². The van der Waals surface area contributed by atoms with Crippen LogP contribution in [0.4, 0.5) is 0 Å². The Morgan fingerprint density at radius 1 is 1.20 bits per heavy atom. The van der Waals surface area contributed by atoms with Crippen LogP contribution >= 0.6 is 0 Å². The first-order valence-corrected chi connectivity index (χ1v) is 6.38. The number of carbonyl (C=O) groups is 1. The molecule has 0 bridgehead atoms. The average Bonchev–Trinajstić information content (AvgIpc) is 2.88. The van der Waals surface area contributed by atoms with Gasteiger partial charge in [-0.1, -0.05) is 30.3 Å². The number of primary amides is 1. The molecule has 0 aliphatic rings. The van der Waals surface area contributed by atoms with Crippen LogP contribution in [0.3, 0.4) is 0 Å². The van der Waals surface area contributed by atoms with E-state index in [4.69, 9.17) is 5.73 Å². The average molecular weight is 266 g/mol. The van der Waals surface area contributed by atoms with Gasteiger partial charge in [0.2, 0.25) is 5.91 Å². The molecule has 5 heteroatoms. The smallest absolute Gasteiger partial charge is 0.250 e. The van der Waals surface area contributed by atoms with Crippen LogP contribution in [0.1, 0.15) is 15.9 Å². The van der Waals surface area contributed by atoms with E-state index in [-0.39, 0.29) is 0 Å². The Morgan fingerprint density at radius 3 is 2.75 bits per heavy atom. The quantitative estimate of drug-likeness (QED) is 0.782. The molecule has 0 aliphatic carbocycles. The number of rotatable bonds is 4. The van der Waals surface area contributed by atoms with Crippen molar-refractivity contribution in [3.05, 3.63) is 60.0 Å². The number of carbonyl (C=O) groups excluding carboxylic acids is 1. The number of aromatic nitrogens is 3. The molecule has 0 fully saturated rings. The van der Waals surface area contributed by atoms with Gasteiger partial charge in [0.1, 0.15) is 5.52 Å². The molecule has 0 spiro atoms. The van der Waals surface area contributed by atoms with Crippen LogP contribution < -0.4 is 5.73 Å². The van der Waals surface area contributed by atoms with Crippen LogP contribution in [0.25, 0.3) is 11.2 Å². The van der Waals surface area contributed by atoms with Crippen molar-refractivity contribution < 1.29 is 4.79 Å². The summed E-state index contributed by atoms with van der Waals surface area (Å²) in [6.07, 6.45) is 4.14. The summed E-state index contributed by atoms with van der Waals surface area (Å²) in [4.78, 5) is 19.7. The van der Waals surface area contributed by atoms with E-state index < -0.39 is 5.91 Å². The fraction of sp³-hybridized carbons (Fsp3) is 0.133. The Hall–Kier alpha value is -2.69. The molecule has 2 N–H and O–H groups in total. The number of benzene rings is 1. The van der Waals surface area contributed by atoms with Gasteiger partial charge in [0.05, 0.1) is 11.9 Å². The minimum Gasteiger partial charge on any atom is -0.366 e. The minimum atomic E-state index is -0.488. The first-order chi connectivity index (χ1) is 9.74. The number of aryl methyl sites for hydroxylation is 2. The van der Waals surface area contributed by atoms with Gasteiger partial charge in [-0.2, -0.15) is 0 Å². The van der Waals surface area contributed by atoms with Gasteiger partial charge in [-0.25, -0.2) is 9.97 Å². The third kappa shape index (κ3) is 2.38. The molecule has 0 aliphatic heterocycles. The zero-order valence-corrected chi connectivity index (χ0v) is 10.9.